The van der Waals surface area contributed by atoms with Crippen molar-refractivity contribution in [1.82, 2.24) is 4.72 Å². The van der Waals surface area contributed by atoms with Gasteiger partial charge in [-0.2, -0.15) is 0 Å². The van der Waals surface area contributed by atoms with Gasteiger partial charge in [-0.15, -0.1) is 0 Å². The zero-order valence-electron chi connectivity index (χ0n) is 13.0. The van der Waals surface area contributed by atoms with Gasteiger partial charge in [0.1, 0.15) is 0 Å². The third kappa shape index (κ3) is 4.69. The Balaban J connectivity index is 3.04. The van der Waals surface area contributed by atoms with E-state index < -0.39 is 16.1 Å². The van der Waals surface area contributed by atoms with Gasteiger partial charge in [-0.05, 0) is 48.9 Å². The molecule has 0 aliphatic rings. The molecule has 0 saturated heterocycles. The van der Waals surface area contributed by atoms with Crippen LogP contribution in [0.15, 0.2) is 17.0 Å². The minimum absolute atomic E-state index is 0.219. The van der Waals surface area contributed by atoms with E-state index in [1.165, 1.54) is 0 Å². The Morgan fingerprint density at radius 1 is 1.24 bits per heavy atom. The molecule has 1 rings (SSSR count). The number of aliphatic hydroxyl groups is 1. The van der Waals surface area contributed by atoms with Gasteiger partial charge in [-0.3, -0.25) is 0 Å². The largest absolute Gasteiger partial charge is 0.398 e. The van der Waals surface area contributed by atoms with Crippen LogP contribution in [0.2, 0.25) is 0 Å². The topological polar surface area (TPSA) is 92.4 Å². The molecule has 6 heteroatoms. The number of nitrogens with two attached hydrogens (primary N) is 1. The molecule has 1 aromatic rings. The zero-order chi connectivity index (χ0) is 16.0. The Labute approximate surface area is 127 Å². The van der Waals surface area contributed by atoms with Crippen molar-refractivity contribution in [3.63, 3.8) is 0 Å². The average Bonchev–Trinajstić information content (AvgIpc) is 2.45. The Bertz CT molecular complexity index is 571. The van der Waals surface area contributed by atoms with Gasteiger partial charge in [0.25, 0.3) is 0 Å². The minimum atomic E-state index is -3.60. The van der Waals surface area contributed by atoms with Crippen molar-refractivity contribution in [2.75, 3.05) is 12.3 Å². The number of nitrogen functional groups attached to an aromatic ring is 1. The summed E-state index contributed by atoms with van der Waals surface area (Å²) in [6.45, 7) is 5.93. The lowest BCUT2D eigenvalue weighted by Gasteiger charge is -2.15. The molecule has 4 N–H and O–H groups in total. The summed E-state index contributed by atoms with van der Waals surface area (Å²) in [6, 6.07) is 3.52. The first kappa shape index (κ1) is 17.9. The number of hydrogen-bond acceptors (Lipinski definition) is 4. The number of sulfonamides is 1. The van der Waals surface area contributed by atoms with Crippen molar-refractivity contribution < 1.29 is 13.5 Å². The fourth-order valence-electron chi connectivity index (χ4n) is 2.19. The first-order chi connectivity index (χ1) is 9.85. The number of nitrogens with one attached hydrogen (secondary N) is 1. The SMILES string of the molecule is CCc1cc(N)c(CC)c(S(=O)(=O)NCCC(O)CC)c1. The number of aliphatic hydroxyl groups excluding tert-OH is 1. The molecule has 0 bridgehead atoms. The van der Waals surface area contributed by atoms with E-state index >= 15 is 0 Å². The Morgan fingerprint density at radius 3 is 2.43 bits per heavy atom. The molecule has 0 heterocycles. The summed E-state index contributed by atoms with van der Waals surface area (Å²) in [5.74, 6) is 0. The molecule has 120 valence electrons. The van der Waals surface area contributed by atoms with E-state index in [1.54, 1.807) is 6.07 Å². The van der Waals surface area contributed by atoms with Crippen LogP contribution < -0.4 is 10.5 Å². The van der Waals surface area contributed by atoms with Crippen LogP contribution in [0.1, 0.15) is 44.7 Å². The second-order valence-electron chi connectivity index (χ2n) is 5.12. The summed E-state index contributed by atoms with van der Waals surface area (Å²) in [5.41, 5.74) is 8.04. The van der Waals surface area contributed by atoms with Crippen LogP contribution in [0, 0.1) is 0 Å². The quantitative estimate of drug-likeness (QED) is 0.638. The third-order valence-electron chi connectivity index (χ3n) is 3.60. The molecule has 0 fully saturated rings. The summed E-state index contributed by atoms with van der Waals surface area (Å²) < 4.78 is 27.5. The van der Waals surface area contributed by atoms with Crippen LogP contribution in [0.4, 0.5) is 5.69 Å². The van der Waals surface area contributed by atoms with Gasteiger partial charge in [-0.1, -0.05) is 20.8 Å². The average molecular weight is 314 g/mol. The van der Waals surface area contributed by atoms with Gasteiger partial charge >= 0.3 is 0 Å². The molecule has 0 aliphatic carbocycles. The molecular formula is C15H26N2O3S. The summed E-state index contributed by atoms with van der Waals surface area (Å²) in [6.07, 6.45) is 1.82. The predicted molar refractivity (Wildman–Crippen MR) is 85.7 cm³/mol. The highest BCUT2D eigenvalue weighted by atomic mass is 32.2. The summed E-state index contributed by atoms with van der Waals surface area (Å²) >= 11 is 0. The van der Waals surface area contributed by atoms with Gasteiger partial charge in [-0.25, -0.2) is 13.1 Å². The highest BCUT2D eigenvalue weighted by molar-refractivity contribution is 7.89. The molecule has 1 unspecified atom stereocenters. The maximum atomic E-state index is 12.5. The minimum Gasteiger partial charge on any atom is -0.398 e. The number of anilines is 1. The van der Waals surface area contributed by atoms with Crippen LogP contribution in [0.5, 0.6) is 0 Å². The molecule has 21 heavy (non-hydrogen) atoms. The van der Waals surface area contributed by atoms with E-state index in [2.05, 4.69) is 4.72 Å². The van der Waals surface area contributed by atoms with Crippen molar-refractivity contribution in [3.8, 4) is 0 Å². The first-order valence-corrected chi connectivity index (χ1v) is 8.92. The molecule has 0 spiro atoms. The van der Waals surface area contributed by atoms with E-state index in [4.69, 9.17) is 5.73 Å². The molecule has 1 atom stereocenters. The number of hydrogen-bond donors (Lipinski definition) is 3. The van der Waals surface area contributed by atoms with Crippen molar-refractivity contribution in [2.45, 2.75) is 57.5 Å². The van der Waals surface area contributed by atoms with Gasteiger partial charge < -0.3 is 10.8 Å². The monoisotopic (exact) mass is 314 g/mol. The van der Waals surface area contributed by atoms with E-state index in [9.17, 15) is 13.5 Å². The van der Waals surface area contributed by atoms with Crippen LogP contribution in [0.25, 0.3) is 0 Å². The summed E-state index contributed by atoms with van der Waals surface area (Å²) in [4.78, 5) is 0.257. The molecule has 0 aromatic heterocycles. The standard InChI is InChI=1S/C15H26N2O3S/c1-4-11-9-14(16)13(6-3)15(10-11)21(19,20)17-8-7-12(18)5-2/h9-10,12,17-18H,4-8,16H2,1-3H3. The van der Waals surface area contributed by atoms with Crippen LogP contribution in [0.3, 0.4) is 0 Å². The lowest BCUT2D eigenvalue weighted by molar-refractivity contribution is 0.162. The van der Waals surface area contributed by atoms with E-state index in [0.29, 0.717) is 30.5 Å². The summed E-state index contributed by atoms with van der Waals surface area (Å²) in [7, 11) is -3.60. The molecule has 0 aliphatic heterocycles. The Hall–Kier alpha value is -1.11. The molecule has 0 amide bonds. The van der Waals surface area contributed by atoms with Crippen molar-refractivity contribution >= 4 is 15.7 Å². The van der Waals surface area contributed by atoms with Gasteiger partial charge in [0.15, 0.2) is 0 Å². The lowest BCUT2D eigenvalue weighted by Crippen LogP contribution is -2.28. The van der Waals surface area contributed by atoms with Crippen LogP contribution in [-0.4, -0.2) is 26.2 Å². The zero-order valence-corrected chi connectivity index (χ0v) is 13.8. The lowest BCUT2D eigenvalue weighted by atomic mass is 10.1. The number of benzene rings is 1. The maximum Gasteiger partial charge on any atom is 0.240 e. The second-order valence-corrected chi connectivity index (χ2v) is 6.85. The fraction of sp³-hybridized carbons (Fsp3) is 0.600. The summed E-state index contributed by atoms with van der Waals surface area (Å²) in [5, 5.41) is 9.50. The number of rotatable bonds is 8. The van der Waals surface area contributed by atoms with E-state index in [1.807, 2.05) is 26.8 Å². The third-order valence-corrected chi connectivity index (χ3v) is 5.12. The molecular weight excluding hydrogens is 288 g/mol. The fourth-order valence-corrected chi connectivity index (χ4v) is 3.63. The number of aryl methyl sites for hydroxylation is 1. The van der Waals surface area contributed by atoms with Crippen LogP contribution >= 0.6 is 0 Å². The molecule has 5 nitrogen and oxygen atoms in total. The Kier molecular flexibility index (Phi) is 6.64. The van der Waals surface area contributed by atoms with Gasteiger partial charge in [0, 0.05) is 12.2 Å². The van der Waals surface area contributed by atoms with Crippen molar-refractivity contribution in [1.29, 1.82) is 0 Å². The van der Waals surface area contributed by atoms with Crippen LogP contribution in [-0.2, 0) is 22.9 Å². The first-order valence-electron chi connectivity index (χ1n) is 7.44. The van der Waals surface area contributed by atoms with E-state index in [-0.39, 0.29) is 11.4 Å². The smallest absolute Gasteiger partial charge is 0.240 e. The highest BCUT2D eigenvalue weighted by Gasteiger charge is 2.20. The van der Waals surface area contributed by atoms with Crippen molar-refractivity contribution in [2.24, 2.45) is 0 Å². The second kappa shape index (κ2) is 7.77. The predicted octanol–water partition coefficient (Wildman–Crippen LogP) is 1.83. The van der Waals surface area contributed by atoms with Gasteiger partial charge in [0.05, 0.1) is 11.0 Å². The molecule has 0 saturated carbocycles. The Morgan fingerprint density at radius 2 is 1.90 bits per heavy atom. The van der Waals surface area contributed by atoms with Gasteiger partial charge in [0.2, 0.25) is 10.0 Å². The molecule has 0 radical (unpaired) electrons. The van der Waals surface area contributed by atoms with E-state index in [0.717, 1.165) is 12.0 Å². The highest BCUT2D eigenvalue weighted by Crippen LogP contribution is 2.25. The molecule has 1 aromatic carbocycles. The van der Waals surface area contributed by atoms with Crippen molar-refractivity contribution in [3.05, 3.63) is 23.3 Å². The maximum absolute atomic E-state index is 12.5. The normalized spacial score (nSPS) is 13.3.